The van der Waals surface area contributed by atoms with E-state index in [-0.39, 0.29) is 17.1 Å². The molecule has 0 bridgehead atoms. The van der Waals surface area contributed by atoms with Crippen molar-refractivity contribution >= 4 is 0 Å². The molecule has 75 valence electrons. The zero-order valence-corrected chi connectivity index (χ0v) is 9.52. The number of hydrogen-bond donors (Lipinski definition) is 2. The quantitative estimate of drug-likeness (QED) is 0.549. The van der Waals surface area contributed by atoms with Gasteiger partial charge in [-0.2, -0.15) is 0 Å². The summed E-state index contributed by atoms with van der Waals surface area (Å²) in [5.41, 5.74) is 0. The first kappa shape index (κ1) is 11.5. The third-order valence-corrected chi connectivity index (χ3v) is 3.47. The molecule has 2 saturated heterocycles. The molecule has 2 heterocycles. The van der Waals surface area contributed by atoms with Crippen molar-refractivity contribution in [1.29, 1.82) is 0 Å². The third kappa shape index (κ3) is 3.25. The van der Waals surface area contributed by atoms with Crippen LogP contribution in [0.1, 0.15) is 38.5 Å². The van der Waals surface area contributed by atoms with E-state index < -0.39 is 0 Å². The van der Waals surface area contributed by atoms with Crippen LogP contribution in [0.5, 0.6) is 0 Å². The summed E-state index contributed by atoms with van der Waals surface area (Å²) in [4.78, 5) is 0. The van der Waals surface area contributed by atoms with E-state index in [1.807, 2.05) is 0 Å². The van der Waals surface area contributed by atoms with Gasteiger partial charge in [-0.1, -0.05) is 0 Å². The average molecular weight is 225 g/mol. The van der Waals surface area contributed by atoms with E-state index in [4.69, 9.17) is 0 Å². The number of rotatable bonds is 1. The van der Waals surface area contributed by atoms with Crippen LogP contribution in [-0.2, 0) is 17.1 Å². The minimum atomic E-state index is 0. The second kappa shape index (κ2) is 6.02. The number of nitrogens with two attached hydrogens (primary N) is 2. The molecule has 2 unspecified atom stereocenters. The Morgan fingerprint density at radius 1 is 0.692 bits per heavy atom. The fraction of sp³-hybridized carbons (Fsp3) is 1.00. The van der Waals surface area contributed by atoms with Gasteiger partial charge in [0.1, 0.15) is 12.1 Å². The van der Waals surface area contributed by atoms with E-state index in [9.17, 15) is 0 Å². The average Bonchev–Trinajstić information content (AvgIpc) is 2.21. The smallest absolute Gasteiger partial charge is 0.339 e. The van der Waals surface area contributed by atoms with Gasteiger partial charge in [-0.05, 0) is 25.7 Å². The predicted molar refractivity (Wildman–Crippen MR) is 48.9 cm³/mol. The van der Waals surface area contributed by atoms with Gasteiger partial charge in [0.25, 0.3) is 0 Å². The van der Waals surface area contributed by atoms with Gasteiger partial charge in [0, 0.05) is 12.8 Å². The van der Waals surface area contributed by atoms with Crippen LogP contribution in [0.4, 0.5) is 0 Å². The number of piperidine rings is 2. The Hall–Kier alpha value is 0.439. The van der Waals surface area contributed by atoms with Crippen LogP contribution >= 0.6 is 0 Å². The van der Waals surface area contributed by atoms with Crippen molar-refractivity contribution in [2.24, 2.45) is 0 Å². The van der Waals surface area contributed by atoms with Crippen LogP contribution in [0.15, 0.2) is 0 Å². The van der Waals surface area contributed by atoms with Crippen molar-refractivity contribution in [3.05, 3.63) is 0 Å². The SMILES string of the molecule is C1CCC(C2CCCC[NH2+]2)[NH2+]C1.[Mn+2]. The van der Waals surface area contributed by atoms with Gasteiger partial charge in [0.15, 0.2) is 0 Å². The molecule has 0 saturated carbocycles. The molecule has 2 aliphatic rings. The van der Waals surface area contributed by atoms with Crippen molar-refractivity contribution < 1.29 is 27.7 Å². The Balaban J connectivity index is 0.000000845. The van der Waals surface area contributed by atoms with Crippen LogP contribution in [0.2, 0.25) is 0 Å². The summed E-state index contributed by atoms with van der Waals surface area (Å²) in [6, 6.07) is 1.91. The first-order valence-electron chi connectivity index (χ1n) is 5.63. The summed E-state index contributed by atoms with van der Waals surface area (Å²) >= 11 is 0. The molecule has 0 aliphatic carbocycles. The summed E-state index contributed by atoms with van der Waals surface area (Å²) in [7, 11) is 0. The molecule has 2 aliphatic heterocycles. The van der Waals surface area contributed by atoms with Gasteiger partial charge in [-0.15, -0.1) is 0 Å². The number of quaternary nitrogens is 2. The summed E-state index contributed by atoms with van der Waals surface area (Å²) < 4.78 is 0. The molecule has 0 aromatic carbocycles. The van der Waals surface area contributed by atoms with Crippen LogP contribution in [-0.4, -0.2) is 25.2 Å². The number of hydrogen-bond acceptors (Lipinski definition) is 0. The van der Waals surface area contributed by atoms with E-state index in [0.717, 1.165) is 12.1 Å². The summed E-state index contributed by atoms with van der Waals surface area (Å²) in [5.74, 6) is 0. The van der Waals surface area contributed by atoms with E-state index in [1.54, 1.807) is 0 Å². The molecular formula is C10H22MnN2+4. The maximum Gasteiger partial charge on any atom is 2.00 e. The van der Waals surface area contributed by atoms with Gasteiger partial charge in [0.2, 0.25) is 0 Å². The van der Waals surface area contributed by atoms with Crippen LogP contribution < -0.4 is 10.6 Å². The first-order valence-corrected chi connectivity index (χ1v) is 5.63. The Morgan fingerprint density at radius 2 is 1.15 bits per heavy atom. The molecule has 2 atom stereocenters. The van der Waals surface area contributed by atoms with Gasteiger partial charge in [-0.25, -0.2) is 0 Å². The maximum absolute atomic E-state index is 2.59. The molecule has 13 heavy (non-hydrogen) atoms. The van der Waals surface area contributed by atoms with Crippen molar-refractivity contribution in [1.82, 2.24) is 0 Å². The molecule has 3 heteroatoms. The van der Waals surface area contributed by atoms with Crippen molar-refractivity contribution in [3.63, 3.8) is 0 Å². The van der Waals surface area contributed by atoms with Crippen molar-refractivity contribution in [2.45, 2.75) is 50.6 Å². The first-order chi connectivity index (χ1) is 5.97. The van der Waals surface area contributed by atoms with E-state index in [1.165, 1.54) is 51.6 Å². The van der Waals surface area contributed by atoms with Crippen molar-refractivity contribution in [2.75, 3.05) is 13.1 Å². The van der Waals surface area contributed by atoms with Gasteiger partial charge >= 0.3 is 17.1 Å². The summed E-state index contributed by atoms with van der Waals surface area (Å²) in [6.07, 6.45) is 8.80. The second-order valence-electron chi connectivity index (χ2n) is 4.37. The van der Waals surface area contributed by atoms with Gasteiger partial charge in [-0.3, -0.25) is 0 Å². The topological polar surface area (TPSA) is 33.2 Å². The molecule has 0 amide bonds. The minimum absolute atomic E-state index is 0. The monoisotopic (exact) mass is 225 g/mol. The molecule has 0 aromatic rings. The molecule has 0 aromatic heterocycles. The van der Waals surface area contributed by atoms with Gasteiger partial charge < -0.3 is 10.6 Å². The Kier molecular flexibility index (Phi) is 5.33. The summed E-state index contributed by atoms with van der Waals surface area (Å²) in [6.45, 7) is 2.77. The fourth-order valence-corrected chi connectivity index (χ4v) is 2.73. The van der Waals surface area contributed by atoms with E-state index in [0.29, 0.717) is 0 Å². The van der Waals surface area contributed by atoms with Crippen molar-refractivity contribution in [3.8, 4) is 0 Å². The summed E-state index contributed by atoms with van der Waals surface area (Å²) in [5, 5.41) is 5.19. The zero-order chi connectivity index (χ0) is 8.23. The largest absolute Gasteiger partial charge is 2.00 e. The second-order valence-corrected chi connectivity index (χ2v) is 4.37. The fourth-order valence-electron chi connectivity index (χ4n) is 2.73. The molecule has 2 fully saturated rings. The molecule has 1 radical (unpaired) electrons. The van der Waals surface area contributed by atoms with Gasteiger partial charge in [0.05, 0.1) is 13.1 Å². The molecule has 4 N–H and O–H groups in total. The molecule has 2 rings (SSSR count). The Bertz CT molecular complexity index is 113. The zero-order valence-electron chi connectivity index (χ0n) is 8.34. The maximum atomic E-state index is 2.59. The standard InChI is InChI=1S/C10H20N2.Mn/c1-3-7-11-9(5-1)10-6-2-4-8-12-10;/h9-12H,1-8H2;/q;+2/p+2. The van der Waals surface area contributed by atoms with E-state index >= 15 is 0 Å². The Morgan fingerprint density at radius 3 is 1.46 bits per heavy atom. The molecular weight excluding hydrogens is 203 g/mol. The molecule has 2 nitrogen and oxygen atoms in total. The van der Waals surface area contributed by atoms with Crippen LogP contribution in [0.25, 0.3) is 0 Å². The van der Waals surface area contributed by atoms with Crippen LogP contribution in [0.3, 0.4) is 0 Å². The minimum Gasteiger partial charge on any atom is -0.339 e. The molecule has 0 spiro atoms. The van der Waals surface area contributed by atoms with Crippen LogP contribution in [0, 0.1) is 0 Å². The third-order valence-electron chi connectivity index (χ3n) is 3.47. The van der Waals surface area contributed by atoms with E-state index in [2.05, 4.69) is 10.6 Å². The Labute approximate surface area is 91.7 Å². The predicted octanol–water partition coefficient (Wildman–Crippen LogP) is -0.784. The normalized spacial score (nSPS) is 35.1.